The number of ether oxygens (including phenoxy) is 1. The number of esters is 1. The first-order chi connectivity index (χ1) is 8.08. The van der Waals surface area contributed by atoms with Crippen LogP contribution in [-0.2, 0) is 9.59 Å². The molecule has 0 aliphatic heterocycles. The molecule has 0 saturated heterocycles. The molecule has 2 aromatic rings. The van der Waals surface area contributed by atoms with Crippen molar-refractivity contribution < 1.29 is 14.3 Å². The predicted molar refractivity (Wildman–Crippen MR) is 65.2 cm³/mol. The molecule has 0 aliphatic rings. The fourth-order valence-electron chi connectivity index (χ4n) is 1.47. The lowest BCUT2D eigenvalue weighted by atomic mass is 10.2. The van der Waals surface area contributed by atoms with Crippen molar-refractivity contribution in [2.45, 2.75) is 13.8 Å². The molecule has 1 aromatic carbocycles. The van der Waals surface area contributed by atoms with Crippen molar-refractivity contribution in [1.29, 1.82) is 0 Å². The predicted octanol–water partition coefficient (Wildman–Crippen LogP) is 2.18. The van der Waals surface area contributed by atoms with Gasteiger partial charge in [-0.1, -0.05) is 0 Å². The Morgan fingerprint density at radius 3 is 2.76 bits per heavy atom. The Morgan fingerprint density at radius 1 is 1.35 bits per heavy atom. The maximum Gasteiger partial charge on any atom is 0.308 e. The first-order valence-corrected chi connectivity index (χ1v) is 5.68. The average Bonchev–Trinajstić information content (AvgIpc) is 2.69. The van der Waals surface area contributed by atoms with Crippen LogP contribution >= 0.6 is 11.5 Å². The Labute approximate surface area is 102 Å². The molecule has 1 aromatic heterocycles. The third-order valence-corrected chi connectivity index (χ3v) is 2.88. The smallest absolute Gasteiger partial charge is 0.308 e. The molecule has 0 radical (unpaired) electrons. The number of carbonyl (C=O) groups is 2. The van der Waals surface area contributed by atoms with Crippen LogP contribution in [0.3, 0.4) is 0 Å². The molecule has 17 heavy (non-hydrogen) atoms. The second kappa shape index (κ2) is 4.50. The van der Waals surface area contributed by atoms with E-state index >= 15 is 0 Å². The Bertz CT molecular complexity index is 541. The molecule has 5 nitrogen and oxygen atoms in total. The fraction of sp³-hybridized carbons (Fsp3) is 0.182. The van der Waals surface area contributed by atoms with Crippen molar-refractivity contribution in [3.63, 3.8) is 0 Å². The summed E-state index contributed by atoms with van der Waals surface area (Å²) >= 11 is 1.24. The normalized spacial score (nSPS) is 10.2. The van der Waals surface area contributed by atoms with E-state index in [1.807, 2.05) is 0 Å². The van der Waals surface area contributed by atoms with Gasteiger partial charge in [0.1, 0.15) is 5.75 Å². The highest BCUT2D eigenvalue weighted by atomic mass is 32.1. The number of benzene rings is 1. The number of rotatable bonds is 2. The van der Waals surface area contributed by atoms with Crippen LogP contribution in [0.1, 0.15) is 13.8 Å². The first-order valence-electron chi connectivity index (χ1n) is 4.91. The number of nitrogens with one attached hydrogen (secondary N) is 1. The summed E-state index contributed by atoms with van der Waals surface area (Å²) in [6, 6.07) is 3.34. The van der Waals surface area contributed by atoms with Crippen molar-refractivity contribution >= 4 is 39.2 Å². The summed E-state index contributed by atoms with van der Waals surface area (Å²) in [5, 5.41) is 3.42. The minimum Gasteiger partial charge on any atom is -0.426 e. The quantitative estimate of drug-likeness (QED) is 0.655. The zero-order chi connectivity index (χ0) is 12.4. The summed E-state index contributed by atoms with van der Waals surface area (Å²) < 4.78 is 9.89. The lowest BCUT2D eigenvalue weighted by Crippen LogP contribution is -2.06. The Hall–Kier alpha value is -1.95. The van der Waals surface area contributed by atoms with Gasteiger partial charge < -0.3 is 10.1 Å². The molecule has 0 aliphatic carbocycles. The molecule has 0 spiro atoms. The van der Waals surface area contributed by atoms with Crippen LogP contribution in [0, 0.1) is 0 Å². The SMILES string of the molecule is CC(=O)Nc1ccc(OC(C)=O)c2cnsc12. The van der Waals surface area contributed by atoms with Gasteiger partial charge in [-0.25, -0.2) is 0 Å². The summed E-state index contributed by atoms with van der Waals surface area (Å²) in [5.41, 5.74) is 0.672. The van der Waals surface area contributed by atoms with Crippen LogP contribution < -0.4 is 10.1 Å². The van der Waals surface area contributed by atoms with Gasteiger partial charge in [0.15, 0.2) is 0 Å². The van der Waals surface area contributed by atoms with Crippen LogP contribution in [-0.4, -0.2) is 16.3 Å². The molecule has 1 heterocycles. The minimum atomic E-state index is -0.384. The summed E-state index contributed by atoms with van der Waals surface area (Å²) in [7, 11) is 0. The number of amides is 1. The van der Waals surface area contributed by atoms with E-state index in [2.05, 4.69) is 9.69 Å². The van der Waals surface area contributed by atoms with Crippen LogP contribution in [0.4, 0.5) is 5.69 Å². The van der Waals surface area contributed by atoms with Gasteiger partial charge in [0.05, 0.1) is 22.0 Å². The number of aromatic nitrogens is 1. The van der Waals surface area contributed by atoms with E-state index < -0.39 is 0 Å². The molecule has 2 rings (SSSR count). The zero-order valence-corrected chi connectivity index (χ0v) is 10.1. The van der Waals surface area contributed by atoms with Crippen molar-refractivity contribution in [2.24, 2.45) is 0 Å². The van der Waals surface area contributed by atoms with Gasteiger partial charge in [-0.2, -0.15) is 4.37 Å². The van der Waals surface area contributed by atoms with Gasteiger partial charge in [-0.3, -0.25) is 9.59 Å². The van der Waals surface area contributed by atoms with Gasteiger partial charge >= 0.3 is 5.97 Å². The summed E-state index contributed by atoms with van der Waals surface area (Å²) in [5.74, 6) is -0.0833. The van der Waals surface area contributed by atoms with E-state index in [1.165, 1.54) is 25.4 Å². The molecule has 0 atom stereocenters. The molecule has 1 N–H and O–H groups in total. The van der Waals surface area contributed by atoms with Crippen LogP contribution in [0.2, 0.25) is 0 Å². The van der Waals surface area contributed by atoms with Gasteiger partial charge in [-0.15, -0.1) is 0 Å². The highest BCUT2D eigenvalue weighted by Gasteiger charge is 2.11. The van der Waals surface area contributed by atoms with E-state index in [0.29, 0.717) is 11.4 Å². The van der Waals surface area contributed by atoms with Crippen molar-refractivity contribution in [1.82, 2.24) is 4.37 Å². The molecular weight excluding hydrogens is 240 g/mol. The first kappa shape index (κ1) is 11.5. The van der Waals surface area contributed by atoms with Gasteiger partial charge in [0.25, 0.3) is 0 Å². The number of hydrogen-bond donors (Lipinski definition) is 1. The standard InChI is InChI=1S/C11H10N2O3S/c1-6(14)13-9-3-4-10(16-7(2)15)8-5-12-17-11(8)9/h3-5H,1-2H3,(H,13,14). The number of hydrogen-bond acceptors (Lipinski definition) is 5. The zero-order valence-electron chi connectivity index (χ0n) is 9.31. The second-order valence-electron chi connectivity index (χ2n) is 3.45. The van der Waals surface area contributed by atoms with Crippen LogP contribution in [0.15, 0.2) is 18.3 Å². The summed E-state index contributed by atoms with van der Waals surface area (Å²) in [6.45, 7) is 2.78. The molecular formula is C11H10N2O3S. The van der Waals surface area contributed by atoms with E-state index in [1.54, 1.807) is 18.3 Å². The average molecular weight is 250 g/mol. The molecule has 1 amide bonds. The lowest BCUT2D eigenvalue weighted by Gasteiger charge is -2.06. The Balaban J connectivity index is 2.50. The van der Waals surface area contributed by atoms with Crippen molar-refractivity contribution in [2.75, 3.05) is 5.32 Å². The minimum absolute atomic E-state index is 0.153. The largest absolute Gasteiger partial charge is 0.426 e. The maximum atomic E-state index is 11.0. The van der Waals surface area contributed by atoms with E-state index in [-0.39, 0.29) is 11.9 Å². The molecule has 88 valence electrons. The van der Waals surface area contributed by atoms with Crippen molar-refractivity contribution in [3.8, 4) is 5.75 Å². The van der Waals surface area contributed by atoms with Gasteiger partial charge in [0, 0.05) is 13.8 Å². The monoisotopic (exact) mass is 250 g/mol. The Morgan fingerprint density at radius 2 is 2.12 bits per heavy atom. The van der Waals surface area contributed by atoms with E-state index in [9.17, 15) is 9.59 Å². The van der Waals surface area contributed by atoms with Gasteiger partial charge in [0.2, 0.25) is 5.91 Å². The maximum absolute atomic E-state index is 11.0. The fourth-order valence-corrected chi connectivity index (χ4v) is 2.20. The third kappa shape index (κ3) is 2.42. The highest BCUT2D eigenvalue weighted by molar-refractivity contribution is 7.14. The van der Waals surface area contributed by atoms with E-state index in [4.69, 9.17) is 4.74 Å². The van der Waals surface area contributed by atoms with E-state index in [0.717, 1.165) is 10.1 Å². The number of carbonyl (C=O) groups excluding carboxylic acids is 2. The number of nitrogens with zero attached hydrogens (tertiary/aromatic N) is 1. The lowest BCUT2D eigenvalue weighted by molar-refractivity contribution is -0.131. The molecule has 0 bridgehead atoms. The molecule has 0 fully saturated rings. The topological polar surface area (TPSA) is 68.3 Å². The van der Waals surface area contributed by atoms with Crippen LogP contribution in [0.5, 0.6) is 5.75 Å². The summed E-state index contributed by atoms with van der Waals surface area (Å²) in [4.78, 5) is 22.0. The van der Waals surface area contributed by atoms with Crippen LogP contribution in [0.25, 0.3) is 10.1 Å². The number of anilines is 1. The highest BCUT2D eigenvalue weighted by Crippen LogP contribution is 2.34. The third-order valence-electron chi connectivity index (χ3n) is 2.05. The van der Waals surface area contributed by atoms with Crippen molar-refractivity contribution in [3.05, 3.63) is 18.3 Å². The second-order valence-corrected chi connectivity index (χ2v) is 4.26. The molecule has 0 unspecified atom stereocenters. The van der Waals surface area contributed by atoms with Gasteiger partial charge in [-0.05, 0) is 23.7 Å². The Kier molecular flexibility index (Phi) is 3.06. The summed E-state index contributed by atoms with van der Waals surface area (Å²) in [6.07, 6.45) is 1.61. The molecule has 6 heteroatoms. The number of fused-ring (bicyclic) bond motifs is 1. The molecule has 0 saturated carbocycles.